The van der Waals surface area contributed by atoms with Gasteiger partial charge in [-0.05, 0) is 44.7 Å². The minimum atomic E-state index is -0.0957. The molecule has 1 fully saturated rings. The molecule has 3 aromatic rings. The summed E-state index contributed by atoms with van der Waals surface area (Å²) in [6.07, 6.45) is 5.48. The standard InChI is InChI=1S/C23H28N4O3S2/c1-4-5-10-27-22(30)19-14(2)15(3)32-20(19)25-23(27)31-13-18(28)16-11-17(24-12-16)21(29)26-8-6-7-9-26/h11-12,24H,4-10,13H2,1-3H3. The number of H-pyrrole nitrogens is 1. The molecule has 0 bridgehead atoms. The van der Waals surface area contributed by atoms with Crippen LogP contribution in [0.5, 0.6) is 0 Å². The van der Waals surface area contributed by atoms with Gasteiger partial charge in [0.1, 0.15) is 10.5 Å². The molecule has 0 saturated carbocycles. The topological polar surface area (TPSA) is 88.1 Å². The molecule has 0 aromatic carbocycles. The van der Waals surface area contributed by atoms with Gasteiger partial charge in [0, 0.05) is 36.3 Å². The van der Waals surface area contributed by atoms with Crippen molar-refractivity contribution < 1.29 is 9.59 Å². The van der Waals surface area contributed by atoms with Crippen molar-refractivity contribution in [3.63, 3.8) is 0 Å². The van der Waals surface area contributed by atoms with Crippen LogP contribution in [0.15, 0.2) is 22.2 Å². The fourth-order valence-corrected chi connectivity index (χ4v) is 5.91. The van der Waals surface area contributed by atoms with E-state index in [1.807, 2.05) is 18.7 Å². The summed E-state index contributed by atoms with van der Waals surface area (Å²) in [7, 11) is 0. The first-order valence-corrected chi connectivity index (χ1v) is 12.8. The summed E-state index contributed by atoms with van der Waals surface area (Å²) in [5, 5.41) is 1.27. The second kappa shape index (κ2) is 9.62. The zero-order chi connectivity index (χ0) is 22.8. The lowest BCUT2D eigenvalue weighted by Crippen LogP contribution is -2.27. The molecule has 1 aliphatic heterocycles. The van der Waals surface area contributed by atoms with Crippen LogP contribution in [0.2, 0.25) is 0 Å². The van der Waals surface area contributed by atoms with E-state index in [2.05, 4.69) is 11.9 Å². The summed E-state index contributed by atoms with van der Waals surface area (Å²) in [6.45, 7) is 8.16. The van der Waals surface area contributed by atoms with Gasteiger partial charge in [-0.1, -0.05) is 25.1 Å². The van der Waals surface area contributed by atoms with E-state index in [4.69, 9.17) is 4.98 Å². The number of thioether (sulfide) groups is 1. The second-order valence-corrected chi connectivity index (χ2v) is 10.3. The Balaban J connectivity index is 1.54. The van der Waals surface area contributed by atoms with Gasteiger partial charge < -0.3 is 9.88 Å². The molecule has 170 valence electrons. The largest absolute Gasteiger partial charge is 0.356 e. The first-order chi connectivity index (χ1) is 15.4. The number of carbonyl (C=O) groups excluding carboxylic acids is 2. The molecular weight excluding hydrogens is 444 g/mol. The molecule has 7 nitrogen and oxygen atoms in total. The third kappa shape index (κ3) is 4.41. The van der Waals surface area contributed by atoms with Gasteiger partial charge in [0.05, 0.1) is 11.1 Å². The molecule has 0 atom stereocenters. The molecule has 9 heteroatoms. The van der Waals surface area contributed by atoms with Gasteiger partial charge in [-0.3, -0.25) is 19.0 Å². The Morgan fingerprint density at radius 2 is 2.00 bits per heavy atom. The molecule has 0 spiro atoms. The minimum Gasteiger partial charge on any atom is -0.356 e. The molecule has 4 rings (SSSR count). The van der Waals surface area contributed by atoms with Crippen LogP contribution in [-0.4, -0.2) is 50.0 Å². The summed E-state index contributed by atoms with van der Waals surface area (Å²) < 4.78 is 1.71. The van der Waals surface area contributed by atoms with E-state index in [0.29, 0.717) is 28.3 Å². The van der Waals surface area contributed by atoms with E-state index in [9.17, 15) is 14.4 Å². The Morgan fingerprint density at radius 1 is 1.25 bits per heavy atom. The maximum atomic E-state index is 13.2. The number of aryl methyl sites for hydroxylation is 2. The maximum Gasteiger partial charge on any atom is 0.270 e. The summed E-state index contributed by atoms with van der Waals surface area (Å²) in [5.41, 5.74) is 1.89. The van der Waals surface area contributed by atoms with Crippen LogP contribution in [0.3, 0.4) is 0 Å². The predicted molar refractivity (Wildman–Crippen MR) is 129 cm³/mol. The van der Waals surface area contributed by atoms with Gasteiger partial charge in [-0.15, -0.1) is 11.3 Å². The van der Waals surface area contributed by atoms with E-state index in [1.165, 1.54) is 23.1 Å². The number of fused-ring (bicyclic) bond motifs is 1. The smallest absolute Gasteiger partial charge is 0.270 e. The monoisotopic (exact) mass is 472 g/mol. The first kappa shape index (κ1) is 22.8. The number of nitrogens with zero attached hydrogens (tertiary/aromatic N) is 3. The lowest BCUT2D eigenvalue weighted by Gasteiger charge is -2.13. The van der Waals surface area contributed by atoms with Crippen LogP contribution in [0.4, 0.5) is 0 Å². The van der Waals surface area contributed by atoms with E-state index in [1.54, 1.807) is 16.8 Å². The number of Topliss-reactive ketones (excluding diaryl/α,β-unsaturated/α-hetero) is 1. The quantitative estimate of drug-likeness (QED) is 0.298. The van der Waals surface area contributed by atoms with Crippen molar-refractivity contribution in [1.82, 2.24) is 19.4 Å². The van der Waals surface area contributed by atoms with Crippen LogP contribution in [-0.2, 0) is 6.54 Å². The molecule has 1 aliphatic rings. The number of amides is 1. The number of aromatic amines is 1. The van der Waals surface area contributed by atoms with Crippen molar-refractivity contribution in [3.05, 3.63) is 44.3 Å². The molecular formula is C23H28N4O3S2. The highest BCUT2D eigenvalue weighted by Gasteiger charge is 2.22. The normalized spacial score (nSPS) is 13.9. The summed E-state index contributed by atoms with van der Waals surface area (Å²) in [5.74, 6) is 0.00241. The number of aromatic nitrogens is 3. The molecule has 32 heavy (non-hydrogen) atoms. The first-order valence-electron chi connectivity index (χ1n) is 11.0. The van der Waals surface area contributed by atoms with E-state index >= 15 is 0 Å². The van der Waals surface area contributed by atoms with Gasteiger partial charge in [0.2, 0.25) is 0 Å². The van der Waals surface area contributed by atoms with Gasteiger partial charge >= 0.3 is 0 Å². The van der Waals surface area contributed by atoms with Gasteiger partial charge in [-0.2, -0.15) is 0 Å². The van der Waals surface area contributed by atoms with Crippen molar-refractivity contribution >= 4 is 45.0 Å². The van der Waals surface area contributed by atoms with Crippen molar-refractivity contribution in [2.45, 2.75) is 58.2 Å². The fourth-order valence-electron chi connectivity index (χ4n) is 3.92. The SMILES string of the molecule is CCCCn1c(SCC(=O)c2c[nH]c(C(=O)N3CCCC3)c2)nc2sc(C)c(C)c2c1=O. The number of hydrogen-bond donors (Lipinski definition) is 1. The fraction of sp³-hybridized carbons (Fsp3) is 0.478. The van der Waals surface area contributed by atoms with Gasteiger partial charge in [0.25, 0.3) is 11.5 Å². The van der Waals surface area contributed by atoms with Gasteiger partial charge in [0.15, 0.2) is 10.9 Å². The molecule has 4 heterocycles. The highest BCUT2D eigenvalue weighted by molar-refractivity contribution is 7.99. The van der Waals surface area contributed by atoms with Crippen LogP contribution in [0.1, 0.15) is 63.9 Å². The Morgan fingerprint density at radius 3 is 2.72 bits per heavy atom. The molecule has 0 aliphatic carbocycles. The van der Waals surface area contributed by atoms with E-state index in [-0.39, 0.29) is 23.0 Å². The number of unbranched alkanes of at least 4 members (excludes halogenated alkanes) is 1. The average molecular weight is 473 g/mol. The van der Waals surface area contributed by atoms with E-state index in [0.717, 1.165) is 54.0 Å². The number of hydrogen-bond acceptors (Lipinski definition) is 6. The Labute approximate surface area is 195 Å². The minimum absolute atomic E-state index is 0.0274. The van der Waals surface area contributed by atoms with Crippen molar-refractivity contribution in [2.24, 2.45) is 0 Å². The third-order valence-electron chi connectivity index (χ3n) is 5.95. The Bertz CT molecular complexity index is 1220. The molecule has 0 unspecified atom stereocenters. The molecule has 1 saturated heterocycles. The summed E-state index contributed by atoms with van der Waals surface area (Å²) >= 11 is 2.81. The lowest BCUT2D eigenvalue weighted by molar-refractivity contribution is 0.0787. The molecule has 1 amide bonds. The molecule has 3 aromatic heterocycles. The maximum absolute atomic E-state index is 13.2. The van der Waals surface area contributed by atoms with Crippen molar-refractivity contribution in [1.29, 1.82) is 0 Å². The third-order valence-corrected chi connectivity index (χ3v) is 8.03. The molecule has 0 radical (unpaired) electrons. The zero-order valence-corrected chi connectivity index (χ0v) is 20.3. The predicted octanol–water partition coefficient (Wildman–Crippen LogP) is 4.41. The lowest BCUT2D eigenvalue weighted by atomic mass is 10.2. The highest BCUT2D eigenvalue weighted by Crippen LogP contribution is 2.29. The summed E-state index contributed by atoms with van der Waals surface area (Å²) in [6, 6.07) is 1.64. The summed E-state index contributed by atoms with van der Waals surface area (Å²) in [4.78, 5) is 49.9. The number of nitrogens with one attached hydrogen (secondary N) is 1. The van der Waals surface area contributed by atoms with Crippen molar-refractivity contribution in [2.75, 3.05) is 18.8 Å². The Hall–Kier alpha value is -2.39. The van der Waals surface area contributed by atoms with E-state index < -0.39 is 0 Å². The van der Waals surface area contributed by atoms with Crippen LogP contribution in [0, 0.1) is 13.8 Å². The second-order valence-electron chi connectivity index (χ2n) is 8.18. The number of thiophene rings is 1. The van der Waals surface area contributed by atoms with Crippen LogP contribution >= 0.6 is 23.1 Å². The number of rotatable bonds is 8. The number of likely N-dealkylation sites (tertiary alicyclic amines) is 1. The number of ketones is 1. The van der Waals surface area contributed by atoms with Gasteiger partial charge in [-0.25, -0.2) is 4.98 Å². The number of carbonyl (C=O) groups is 2. The highest BCUT2D eigenvalue weighted by atomic mass is 32.2. The Kier molecular flexibility index (Phi) is 6.85. The average Bonchev–Trinajstić information content (AvgIpc) is 3.53. The zero-order valence-electron chi connectivity index (χ0n) is 18.7. The van der Waals surface area contributed by atoms with Crippen LogP contribution < -0.4 is 5.56 Å². The molecule has 1 N–H and O–H groups in total. The van der Waals surface area contributed by atoms with Crippen LogP contribution in [0.25, 0.3) is 10.2 Å². The van der Waals surface area contributed by atoms with Crippen molar-refractivity contribution in [3.8, 4) is 0 Å².